The van der Waals surface area contributed by atoms with Gasteiger partial charge in [0, 0.05) is 16.0 Å². The van der Waals surface area contributed by atoms with Gasteiger partial charge in [-0.3, -0.25) is 0 Å². The van der Waals surface area contributed by atoms with E-state index in [1.54, 1.807) is 17.8 Å². The maximum atomic E-state index is 13.6. The van der Waals surface area contributed by atoms with Crippen LogP contribution in [0.5, 0.6) is 0 Å². The lowest BCUT2D eigenvalue weighted by Gasteiger charge is -2.11. The van der Waals surface area contributed by atoms with Crippen molar-refractivity contribution in [2.24, 2.45) is 5.73 Å². The number of hydrogen-bond acceptors (Lipinski definition) is 2. The summed E-state index contributed by atoms with van der Waals surface area (Å²) in [5.74, 6) is -0.0916. The van der Waals surface area contributed by atoms with E-state index in [-0.39, 0.29) is 11.4 Å². The lowest BCUT2D eigenvalue weighted by molar-refractivity contribution is 0.564. The number of rotatable bonds is 4. The lowest BCUT2D eigenvalue weighted by atomic mass is 10.0. The van der Waals surface area contributed by atoms with Gasteiger partial charge in [-0.2, -0.15) is 0 Å². The van der Waals surface area contributed by atoms with Crippen LogP contribution in [0.3, 0.4) is 0 Å². The van der Waals surface area contributed by atoms with Gasteiger partial charge in [-0.05, 0) is 44.1 Å². The molecule has 0 amide bonds. The Morgan fingerprint density at radius 2 is 2.20 bits per heavy atom. The molecule has 0 aromatic heterocycles. The molecule has 1 aliphatic rings. The topological polar surface area (TPSA) is 26.0 Å². The second-order valence-electron chi connectivity index (χ2n) is 4.28. The summed E-state index contributed by atoms with van der Waals surface area (Å²) in [6.07, 6.45) is 5.83. The van der Waals surface area contributed by atoms with E-state index in [0.29, 0.717) is 0 Å². The smallest absolute Gasteiger partial charge is 0.127 e. The van der Waals surface area contributed by atoms with Gasteiger partial charge in [0.2, 0.25) is 0 Å². The number of halogens is 1. The summed E-state index contributed by atoms with van der Waals surface area (Å²) in [6, 6.07) is 5.27. The maximum absolute atomic E-state index is 13.6. The molecule has 0 radical (unpaired) electrons. The highest BCUT2D eigenvalue weighted by Gasteiger charge is 2.37. The molecule has 1 aliphatic carbocycles. The Labute approximate surface area is 94.2 Å². The van der Waals surface area contributed by atoms with Gasteiger partial charge >= 0.3 is 0 Å². The van der Waals surface area contributed by atoms with Crippen LogP contribution < -0.4 is 5.73 Å². The van der Waals surface area contributed by atoms with Crippen molar-refractivity contribution in [1.29, 1.82) is 0 Å². The molecule has 82 valence electrons. The van der Waals surface area contributed by atoms with Crippen LogP contribution in [-0.4, -0.2) is 11.8 Å². The van der Waals surface area contributed by atoms with Gasteiger partial charge in [0.05, 0.1) is 0 Å². The third-order valence-corrected chi connectivity index (χ3v) is 3.88. The molecule has 3 heteroatoms. The third-order valence-electron chi connectivity index (χ3n) is 3.06. The Kier molecular flexibility index (Phi) is 3.03. The van der Waals surface area contributed by atoms with Crippen molar-refractivity contribution in [3.63, 3.8) is 0 Å². The van der Waals surface area contributed by atoms with Crippen LogP contribution in [0, 0.1) is 5.82 Å². The first-order valence-electron chi connectivity index (χ1n) is 5.25. The molecule has 0 aliphatic heterocycles. The molecule has 0 heterocycles. The van der Waals surface area contributed by atoms with Crippen LogP contribution >= 0.6 is 11.8 Å². The summed E-state index contributed by atoms with van der Waals surface area (Å²) < 4.78 is 13.6. The number of nitrogens with two attached hydrogens (primary N) is 1. The average Bonchev–Trinajstić information content (AvgIpc) is 2.95. The quantitative estimate of drug-likeness (QED) is 0.797. The molecule has 0 bridgehead atoms. The monoisotopic (exact) mass is 225 g/mol. The SMILES string of the molecule is CSc1cccc(F)c1CCC1(N)CC1. The van der Waals surface area contributed by atoms with Crippen LogP contribution in [0.15, 0.2) is 23.1 Å². The Morgan fingerprint density at radius 3 is 2.80 bits per heavy atom. The predicted octanol–water partition coefficient (Wildman–Crippen LogP) is 2.97. The van der Waals surface area contributed by atoms with Crippen LogP contribution in [0.2, 0.25) is 0 Å². The molecule has 1 fully saturated rings. The number of thioether (sulfide) groups is 1. The normalized spacial score (nSPS) is 17.8. The summed E-state index contributed by atoms with van der Waals surface area (Å²) in [5, 5.41) is 0. The molecule has 1 aromatic carbocycles. The molecule has 0 spiro atoms. The van der Waals surface area contributed by atoms with Crippen molar-refractivity contribution in [3.05, 3.63) is 29.6 Å². The summed E-state index contributed by atoms with van der Waals surface area (Å²) >= 11 is 1.60. The zero-order chi connectivity index (χ0) is 10.9. The molecule has 1 nitrogen and oxygen atoms in total. The molecule has 1 aromatic rings. The molecule has 15 heavy (non-hydrogen) atoms. The standard InChI is InChI=1S/C12H16FNS/c1-15-11-4-2-3-10(13)9(11)5-6-12(14)7-8-12/h2-4H,5-8,14H2,1H3. The third kappa shape index (κ3) is 2.52. The first kappa shape index (κ1) is 11.0. The predicted molar refractivity (Wildman–Crippen MR) is 62.7 cm³/mol. The first-order valence-corrected chi connectivity index (χ1v) is 6.47. The molecule has 0 saturated heterocycles. The van der Waals surface area contributed by atoms with E-state index in [9.17, 15) is 4.39 Å². The van der Waals surface area contributed by atoms with Gasteiger partial charge in [0.25, 0.3) is 0 Å². The van der Waals surface area contributed by atoms with Crippen molar-refractivity contribution >= 4 is 11.8 Å². The lowest BCUT2D eigenvalue weighted by Crippen LogP contribution is -2.22. The zero-order valence-electron chi connectivity index (χ0n) is 8.92. The van der Waals surface area contributed by atoms with Crippen LogP contribution in [0.4, 0.5) is 4.39 Å². The van der Waals surface area contributed by atoms with Gasteiger partial charge in [0.15, 0.2) is 0 Å². The summed E-state index contributed by atoms with van der Waals surface area (Å²) in [5.41, 5.74) is 6.85. The largest absolute Gasteiger partial charge is 0.325 e. The highest BCUT2D eigenvalue weighted by atomic mass is 32.2. The van der Waals surface area contributed by atoms with Gasteiger partial charge < -0.3 is 5.73 Å². The summed E-state index contributed by atoms with van der Waals surface area (Å²) in [6.45, 7) is 0. The Morgan fingerprint density at radius 1 is 1.47 bits per heavy atom. The second-order valence-corrected chi connectivity index (χ2v) is 5.13. The minimum Gasteiger partial charge on any atom is -0.325 e. The molecule has 2 rings (SSSR count). The minimum absolute atomic E-state index is 0.0119. The van der Waals surface area contributed by atoms with Crippen LogP contribution in [-0.2, 0) is 6.42 Å². The molecule has 0 unspecified atom stereocenters. The van der Waals surface area contributed by atoms with E-state index in [0.717, 1.165) is 36.1 Å². The van der Waals surface area contributed by atoms with Gasteiger partial charge in [-0.25, -0.2) is 4.39 Å². The molecule has 0 atom stereocenters. The van der Waals surface area contributed by atoms with Crippen LogP contribution in [0.1, 0.15) is 24.8 Å². The van der Waals surface area contributed by atoms with Crippen molar-refractivity contribution in [2.45, 2.75) is 36.1 Å². The van der Waals surface area contributed by atoms with Crippen LogP contribution in [0.25, 0.3) is 0 Å². The number of hydrogen-bond donors (Lipinski definition) is 1. The summed E-state index contributed by atoms with van der Waals surface area (Å²) in [4.78, 5) is 1.04. The highest BCUT2D eigenvalue weighted by Crippen LogP contribution is 2.37. The van der Waals surface area contributed by atoms with Gasteiger partial charge in [0.1, 0.15) is 5.82 Å². The van der Waals surface area contributed by atoms with E-state index < -0.39 is 0 Å². The van der Waals surface area contributed by atoms with Crippen molar-refractivity contribution in [1.82, 2.24) is 0 Å². The molecular weight excluding hydrogens is 209 g/mol. The molecule has 1 saturated carbocycles. The van der Waals surface area contributed by atoms with E-state index in [2.05, 4.69) is 0 Å². The van der Waals surface area contributed by atoms with E-state index >= 15 is 0 Å². The highest BCUT2D eigenvalue weighted by molar-refractivity contribution is 7.98. The van der Waals surface area contributed by atoms with E-state index in [4.69, 9.17) is 5.73 Å². The fraction of sp³-hybridized carbons (Fsp3) is 0.500. The number of benzene rings is 1. The Hall–Kier alpha value is -0.540. The van der Waals surface area contributed by atoms with Crippen molar-refractivity contribution in [2.75, 3.05) is 6.26 Å². The van der Waals surface area contributed by atoms with Crippen molar-refractivity contribution < 1.29 is 4.39 Å². The van der Waals surface area contributed by atoms with Gasteiger partial charge in [-0.1, -0.05) is 6.07 Å². The minimum atomic E-state index is -0.0916. The fourth-order valence-corrected chi connectivity index (χ4v) is 2.42. The first-order chi connectivity index (χ1) is 7.14. The Balaban J connectivity index is 2.11. The van der Waals surface area contributed by atoms with Crippen molar-refractivity contribution in [3.8, 4) is 0 Å². The summed E-state index contributed by atoms with van der Waals surface area (Å²) in [7, 11) is 0. The fourth-order valence-electron chi connectivity index (χ4n) is 1.76. The maximum Gasteiger partial charge on any atom is 0.127 e. The van der Waals surface area contributed by atoms with E-state index in [1.807, 2.05) is 12.3 Å². The second kappa shape index (κ2) is 4.14. The van der Waals surface area contributed by atoms with E-state index in [1.165, 1.54) is 6.07 Å². The van der Waals surface area contributed by atoms with Gasteiger partial charge in [-0.15, -0.1) is 11.8 Å². The zero-order valence-corrected chi connectivity index (χ0v) is 9.74. The molecular formula is C12H16FNS. The average molecular weight is 225 g/mol. The molecule has 2 N–H and O–H groups in total. The Bertz CT molecular complexity index is 361.